The Morgan fingerprint density at radius 2 is 1.82 bits per heavy atom. The van der Waals surface area contributed by atoms with Crippen molar-refractivity contribution in [1.82, 2.24) is 9.88 Å². The number of nitrogens with one attached hydrogen (secondary N) is 2. The lowest BCUT2D eigenvalue weighted by atomic mass is 10.1. The molecule has 1 atom stereocenters. The number of hydrogen-bond acceptors (Lipinski definition) is 4. The van der Waals surface area contributed by atoms with E-state index in [1.54, 1.807) is 31.1 Å². The molecule has 0 aliphatic heterocycles. The molecule has 0 fully saturated rings. The van der Waals surface area contributed by atoms with Gasteiger partial charge in [0.1, 0.15) is 5.82 Å². The highest BCUT2D eigenvalue weighted by Crippen LogP contribution is 2.23. The fourth-order valence-corrected chi connectivity index (χ4v) is 2.92. The molecule has 0 saturated heterocycles. The summed E-state index contributed by atoms with van der Waals surface area (Å²) in [6.45, 7) is 3.79. The Balaban J connectivity index is 1.61. The first kappa shape index (κ1) is 19.5. The van der Waals surface area contributed by atoms with Crippen LogP contribution in [0.15, 0.2) is 60.8 Å². The summed E-state index contributed by atoms with van der Waals surface area (Å²) in [4.78, 5) is 30.8. The minimum atomic E-state index is -0.477. The highest BCUT2D eigenvalue weighted by Gasteiger charge is 2.21. The van der Waals surface area contributed by atoms with E-state index in [1.807, 2.05) is 55.5 Å². The third-order valence-electron chi connectivity index (χ3n) is 4.66. The van der Waals surface area contributed by atoms with Crippen LogP contribution in [0.2, 0.25) is 0 Å². The Kier molecular flexibility index (Phi) is 6.01. The minimum Gasteiger partial charge on any atom is -0.324 e. The predicted molar refractivity (Wildman–Crippen MR) is 112 cm³/mol. The molecule has 0 aliphatic rings. The molecule has 0 radical (unpaired) electrons. The number of nitrogens with zero attached hydrogens (tertiary/aromatic N) is 2. The Labute approximate surface area is 164 Å². The Hall–Kier alpha value is -3.25. The van der Waals surface area contributed by atoms with Crippen LogP contribution in [0.1, 0.15) is 12.5 Å². The Bertz CT molecular complexity index is 997. The summed E-state index contributed by atoms with van der Waals surface area (Å²) in [5.41, 5.74) is 1.78. The average molecular weight is 376 g/mol. The number of benzene rings is 2. The molecule has 28 heavy (non-hydrogen) atoms. The van der Waals surface area contributed by atoms with Gasteiger partial charge in [0.25, 0.3) is 0 Å². The van der Waals surface area contributed by atoms with Gasteiger partial charge in [0.2, 0.25) is 11.8 Å². The van der Waals surface area contributed by atoms with Gasteiger partial charge in [-0.3, -0.25) is 14.5 Å². The van der Waals surface area contributed by atoms with E-state index in [0.717, 1.165) is 22.0 Å². The van der Waals surface area contributed by atoms with Crippen LogP contribution in [0.25, 0.3) is 10.8 Å². The zero-order valence-electron chi connectivity index (χ0n) is 16.3. The van der Waals surface area contributed by atoms with E-state index in [9.17, 15) is 9.59 Å². The first-order valence-electron chi connectivity index (χ1n) is 9.15. The number of hydrogen-bond donors (Lipinski definition) is 2. The zero-order chi connectivity index (χ0) is 20.1. The number of likely N-dealkylation sites (N-methyl/N-ethyl adjacent to an activating group) is 1. The van der Waals surface area contributed by atoms with Gasteiger partial charge in [-0.25, -0.2) is 4.98 Å². The Morgan fingerprint density at radius 3 is 2.61 bits per heavy atom. The molecular formula is C22H24N4O2. The van der Waals surface area contributed by atoms with Gasteiger partial charge in [-0.05, 0) is 50.0 Å². The fraction of sp³-hybridized carbons (Fsp3) is 0.227. The predicted octanol–water partition coefficient (Wildman–Crippen LogP) is 3.44. The van der Waals surface area contributed by atoms with Crippen molar-refractivity contribution in [2.24, 2.45) is 0 Å². The van der Waals surface area contributed by atoms with Crippen molar-refractivity contribution in [3.63, 3.8) is 0 Å². The largest absolute Gasteiger partial charge is 0.324 e. The monoisotopic (exact) mass is 376 g/mol. The normalized spacial score (nSPS) is 12.0. The summed E-state index contributed by atoms with van der Waals surface area (Å²) in [5, 5.41) is 7.77. The maximum atomic E-state index is 12.7. The average Bonchev–Trinajstić information content (AvgIpc) is 2.67. The summed E-state index contributed by atoms with van der Waals surface area (Å²) in [6.07, 6.45) is 1.65. The van der Waals surface area contributed by atoms with Crippen LogP contribution in [0.4, 0.5) is 11.5 Å². The van der Waals surface area contributed by atoms with Gasteiger partial charge in [0, 0.05) is 17.3 Å². The van der Waals surface area contributed by atoms with Crippen molar-refractivity contribution in [3.05, 3.63) is 66.4 Å². The van der Waals surface area contributed by atoms with Gasteiger partial charge in [-0.1, -0.05) is 36.4 Å². The van der Waals surface area contributed by atoms with Crippen LogP contribution in [0.5, 0.6) is 0 Å². The minimum absolute atomic E-state index is 0.0831. The molecule has 3 rings (SSSR count). The van der Waals surface area contributed by atoms with Crippen LogP contribution < -0.4 is 10.6 Å². The van der Waals surface area contributed by atoms with E-state index in [1.165, 1.54) is 0 Å². The molecule has 2 aromatic carbocycles. The number of pyridine rings is 1. The molecule has 0 aliphatic carbocycles. The summed E-state index contributed by atoms with van der Waals surface area (Å²) >= 11 is 0. The smallest absolute Gasteiger partial charge is 0.241 e. The molecule has 6 heteroatoms. The molecule has 2 N–H and O–H groups in total. The third kappa shape index (κ3) is 4.72. The highest BCUT2D eigenvalue weighted by atomic mass is 16.2. The molecule has 3 aromatic rings. The number of rotatable bonds is 6. The lowest BCUT2D eigenvalue weighted by Gasteiger charge is -2.23. The topological polar surface area (TPSA) is 74.3 Å². The second kappa shape index (κ2) is 8.63. The van der Waals surface area contributed by atoms with Crippen LogP contribution >= 0.6 is 0 Å². The number of aryl methyl sites for hydroxylation is 1. The number of anilines is 2. The fourth-order valence-electron chi connectivity index (χ4n) is 2.92. The molecule has 144 valence electrons. The van der Waals surface area contributed by atoms with Crippen molar-refractivity contribution >= 4 is 34.1 Å². The Morgan fingerprint density at radius 1 is 1.07 bits per heavy atom. The summed E-state index contributed by atoms with van der Waals surface area (Å²) < 4.78 is 0. The second-order valence-electron chi connectivity index (χ2n) is 6.87. The van der Waals surface area contributed by atoms with Gasteiger partial charge in [-0.15, -0.1) is 0 Å². The molecule has 1 unspecified atom stereocenters. The zero-order valence-corrected chi connectivity index (χ0v) is 16.3. The molecule has 1 aromatic heterocycles. The summed E-state index contributed by atoms with van der Waals surface area (Å²) in [7, 11) is 1.75. The summed E-state index contributed by atoms with van der Waals surface area (Å²) in [6, 6.07) is 16.9. The standard InChI is InChI=1S/C22H24N4O2/c1-15-11-12-23-20(13-15)25-21(27)14-26(3)16(2)22(28)24-19-10-6-8-17-7-4-5-9-18(17)19/h4-13,16H,14H2,1-3H3,(H,24,28)(H,23,25,27). The number of carbonyl (C=O) groups excluding carboxylic acids is 2. The number of fused-ring (bicyclic) bond motifs is 1. The molecule has 6 nitrogen and oxygen atoms in total. The van der Waals surface area contributed by atoms with Crippen LogP contribution in [-0.4, -0.2) is 41.3 Å². The van der Waals surface area contributed by atoms with E-state index >= 15 is 0 Å². The molecule has 0 saturated carbocycles. The van der Waals surface area contributed by atoms with Crippen molar-refractivity contribution < 1.29 is 9.59 Å². The number of amides is 2. The molecule has 1 heterocycles. The van der Waals surface area contributed by atoms with Gasteiger partial charge in [0.15, 0.2) is 0 Å². The van der Waals surface area contributed by atoms with E-state index in [2.05, 4.69) is 15.6 Å². The lowest BCUT2D eigenvalue weighted by molar-refractivity contribution is -0.122. The van der Waals surface area contributed by atoms with Crippen molar-refractivity contribution in [3.8, 4) is 0 Å². The molecule has 0 spiro atoms. The maximum absolute atomic E-state index is 12.7. The highest BCUT2D eigenvalue weighted by molar-refractivity contribution is 6.03. The van der Waals surface area contributed by atoms with Crippen molar-refractivity contribution in [2.45, 2.75) is 19.9 Å². The second-order valence-corrected chi connectivity index (χ2v) is 6.87. The third-order valence-corrected chi connectivity index (χ3v) is 4.66. The van der Waals surface area contributed by atoms with E-state index < -0.39 is 6.04 Å². The van der Waals surface area contributed by atoms with Gasteiger partial charge >= 0.3 is 0 Å². The lowest BCUT2D eigenvalue weighted by Crippen LogP contribution is -2.43. The quantitative estimate of drug-likeness (QED) is 0.691. The number of aromatic nitrogens is 1. The van der Waals surface area contributed by atoms with E-state index in [0.29, 0.717) is 5.82 Å². The van der Waals surface area contributed by atoms with Crippen molar-refractivity contribution in [1.29, 1.82) is 0 Å². The van der Waals surface area contributed by atoms with Crippen molar-refractivity contribution in [2.75, 3.05) is 24.2 Å². The maximum Gasteiger partial charge on any atom is 0.241 e. The van der Waals surface area contributed by atoms with Gasteiger partial charge < -0.3 is 10.6 Å². The van der Waals surface area contributed by atoms with Gasteiger partial charge in [0.05, 0.1) is 12.6 Å². The molecular weight excluding hydrogens is 352 g/mol. The first-order valence-corrected chi connectivity index (χ1v) is 9.15. The summed E-state index contributed by atoms with van der Waals surface area (Å²) in [5.74, 6) is 0.122. The first-order chi connectivity index (χ1) is 13.4. The van der Waals surface area contributed by atoms with E-state index in [-0.39, 0.29) is 18.4 Å². The van der Waals surface area contributed by atoms with Crippen LogP contribution in [0, 0.1) is 6.92 Å². The van der Waals surface area contributed by atoms with Crippen LogP contribution in [0.3, 0.4) is 0 Å². The molecule has 2 amide bonds. The molecule has 0 bridgehead atoms. The SMILES string of the molecule is Cc1ccnc(NC(=O)CN(C)C(C)C(=O)Nc2cccc3ccccc23)c1. The van der Waals surface area contributed by atoms with Crippen LogP contribution in [-0.2, 0) is 9.59 Å². The van der Waals surface area contributed by atoms with E-state index in [4.69, 9.17) is 0 Å². The van der Waals surface area contributed by atoms with Gasteiger partial charge in [-0.2, -0.15) is 0 Å². The number of carbonyl (C=O) groups is 2.